The van der Waals surface area contributed by atoms with Crippen molar-refractivity contribution < 1.29 is 9.90 Å². The average molecular weight is 291 g/mol. The predicted octanol–water partition coefficient (Wildman–Crippen LogP) is 2.27. The summed E-state index contributed by atoms with van der Waals surface area (Å²) in [6.45, 7) is 1.33. The van der Waals surface area contributed by atoms with Crippen LogP contribution in [-0.4, -0.2) is 43.2 Å². The second-order valence-electron chi connectivity index (χ2n) is 4.20. The molecule has 100 valence electrons. The summed E-state index contributed by atoms with van der Waals surface area (Å²) in [5.74, 6) is -0.938. The van der Waals surface area contributed by atoms with Crippen LogP contribution >= 0.6 is 23.2 Å². The average Bonchev–Trinajstić information content (AvgIpc) is 2.27. The van der Waals surface area contributed by atoms with E-state index in [2.05, 4.69) is 5.32 Å². The van der Waals surface area contributed by atoms with E-state index >= 15 is 0 Å². The number of hydrogen-bond donors (Lipinski definition) is 2. The van der Waals surface area contributed by atoms with Gasteiger partial charge in [-0.3, -0.25) is 10.1 Å². The van der Waals surface area contributed by atoms with Gasteiger partial charge in [-0.05, 0) is 31.8 Å². The molecule has 0 aliphatic rings. The summed E-state index contributed by atoms with van der Waals surface area (Å²) in [5, 5.41) is 12.9. The molecule has 0 radical (unpaired) electrons. The minimum absolute atomic E-state index is 0.356. The second-order valence-corrected chi connectivity index (χ2v) is 5.02. The minimum Gasteiger partial charge on any atom is -0.480 e. The quantitative estimate of drug-likeness (QED) is 0.844. The molecule has 0 aliphatic heterocycles. The smallest absolute Gasteiger partial charge is 0.325 e. The van der Waals surface area contributed by atoms with Crippen molar-refractivity contribution in [3.05, 3.63) is 33.8 Å². The Hall–Kier alpha value is -0.810. The van der Waals surface area contributed by atoms with Gasteiger partial charge in [0.1, 0.15) is 6.04 Å². The van der Waals surface area contributed by atoms with Crippen molar-refractivity contribution in [2.75, 3.05) is 27.2 Å². The second kappa shape index (κ2) is 6.95. The van der Waals surface area contributed by atoms with Gasteiger partial charge in [0.2, 0.25) is 0 Å². The molecular weight excluding hydrogens is 275 g/mol. The lowest BCUT2D eigenvalue weighted by atomic mass is 10.1. The SMILES string of the molecule is CN(C)CCNC(C(=O)O)c1ccc(Cl)c(Cl)c1. The van der Waals surface area contributed by atoms with Gasteiger partial charge in [-0.2, -0.15) is 0 Å². The van der Waals surface area contributed by atoms with Crippen molar-refractivity contribution in [3.8, 4) is 0 Å². The number of aliphatic carboxylic acids is 1. The van der Waals surface area contributed by atoms with E-state index in [0.717, 1.165) is 6.54 Å². The first-order valence-electron chi connectivity index (χ1n) is 5.47. The fraction of sp³-hybridized carbons (Fsp3) is 0.417. The van der Waals surface area contributed by atoms with Crippen LogP contribution < -0.4 is 5.32 Å². The summed E-state index contributed by atoms with van der Waals surface area (Å²) in [7, 11) is 3.85. The van der Waals surface area contributed by atoms with Crippen LogP contribution in [0, 0.1) is 0 Å². The van der Waals surface area contributed by atoms with Crippen LogP contribution in [0.4, 0.5) is 0 Å². The summed E-state index contributed by atoms with van der Waals surface area (Å²) in [6, 6.07) is 4.06. The van der Waals surface area contributed by atoms with Crippen LogP contribution in [0.3, 0.4) is 0 Å². The Morgan fingerprint density at radius 1 is 1.39 bits per heavy atom. The Morgan fingerprint density at radius 2 is 2.06 bits per heavy atom. The predicted molar refractivity (Wildman–Crippen MR) is 73.4 cm³/mol. The molecule has 1 aromatic rings. The van der Waals surface area contributed by atoms with E-state index in [9.17, 15) is 9.90 Å². The van der Waals surface area contributed by atoms with Gasteiger partial charge in [0.15, 0.2) is 0 Å². The molecule has 1 unspecified atom stereocenters. The molecule has 0 aliphatic carbocycles. The molecular formula is C12H16Cl2N2O2. The topological polar surface area (TPSA) is 52.6 Å². The maximum atomic E-state index is 11.2. The first-order chi connectivity index (χ1) is 8.41. The van der Waals surface area contributed by atoms with Crippen LogP contribution in [0.15, 0.2) is 18.2 Å². The molecule has 1 atom stereocenters. The molecule has 0 saturated carbocycles. The molecule has 1 rings (SSSR count). The van der Waals surface area contributed by atoms with Crippen LogP contribution in [0.25, 0.3) is 0 Å². The molecule has 0 saturated heterocycles. The van der Waals surface area contributed by atoms with Crippen molar-refractivity contribution in [3.63, 3.8) is 0 Å². The van der Waals surface area contributed by atoms with Gasteiger partial charge in [0.25, 0.3) is 0 Å². The van der Waals surface area contributed by atoms with Gasteiger partial charge < -0.3 is 10.0 Å². The lowest BCUT2D eigenvalue weighted by Gasteiger charge is -2.17. The Morgan fingerprint density at radius 3 is 2.56 bits per heavy atom. The molecule has 0 spiro atoms. The van der Waals surface area contributed by atoms with E-state index in [0.29, 0.717) is 22.2 Å². The molecule has 4 nitrogen and oxygen atoms in total. The number of carbonyl (C=O) groups is 1. The Kier molecular flexibility index (Phi) is 5.88. The van der Waals surface area contributed by atoms with E-state index in [4.69, 9.17) is 23.2 Å². The zero-order valence-electron chi connectivity index (χ0n) is 10.3. The molecule has 6 heteroatoms. The lowest BCUT2D eigenvalue weighted by molar-refractivity contribution is -0.139. The van der Waals surface area contributed by atoms with E-state index < -0.39 is 12.0 Å². The summed E-state index contributed by atoms with van der Waals surface area (Å²) >= 11 is 11.7. The standard InChI is InChI=1S/C12H16Cl2N2O2/c1-16(2)6-5-15-11(12(17)18)8-3-4-9(13)10(14)7-8/h3-4,7,11,15H,5-6H2,1-2H3,(H,17,18). The van der Waals surface area contributed by atoms with Gasteiger partial charge >= 0.3 is 5.97 Å². The molecule has 0 bridgehead atoms. The van der Waals surface area contributed by atoms with E-state index in [1.807, 2.05) is 19.0 Å². The minimum atomic E-state index is -0.938. The molecule has 18 heavy (non-hydrogen) atoms. The summed E-state index contributed by atoms with van der Waals surface area (Å²) in [4.78, 5) is 13.2. The van der Waals surface area contributed by atoms with Crippen molar-refractivity contribution >= 4 is 29.2 Å². The number of hydrogen-bond acceptors (Lipinski definition) is 3. The van der Waals surface area contributed by atoms with E-state index in [1.165, 1.54) is 0 Å². The Balaban J connectivity index is 2.78. The third-order valence-corrected chi connectivity index (χ3v) is 3.17. The highest BCUT2D eigenvalue weighted by molar-refractivity contribution is 6.42. The number of benzene rings is 1. The van der Waals surface area contributed by atoms with Crippen LogP contribution in [-0.2, 0) is 4.79 Å². The third kappa shape index (κ3) is 4.46. The highest BCUT2D eigenvalue weighted by Gasteiger charge is 2.19. The Labute approximate surface area is 116 Å². The Bertz CT molecular complexity index is 425. The first kappa shape index (κ1) is 15.2. The highest BCUT2D eigenvalue weighted by atomic mass is 35.5. The first-order valence-corrected chi connectivity index (χ1v) is 6.23. The van der Waals surface area contributed by atoms with Gasteiger partial charge in [-0.25, -0.2) is 0 Å². The molecule has 0 heterocycles. The number of carboxylic acid groups (broad SMARTS) is 1. The van der Waals surface area contributed by atoms with E-state index in [1.54, 1.807) is 18.2 Å². The van der Waals surface area contributed by atoms with Crippen molar-refractivity contribution in [1.29, 1.82) is 0 Å². The van der Waals surface area contributed by atoms with Crippen molar-refractivity contribution in [1.82, 2.24) is 10.2 Å². The summed E-state index contributed by atoms with van der Waals surface area (Å²) < 4.78 is 0. The van der Waals surface area contributed by atoms with Crippen LogP contribution in [0.5, 0.6) is 0 Å². The number of nitrogens with one attached hydrogen (secondary N) is 1. The molecule has 0 aromatic heterocycles. The molecule has 0 amide bonds. The molecule has 0 fully saturated rings. The fourth-order valence-corrected chi connectivity index (χ4v) is 1.78. The number of carboxylic acids is 1. The largest absolute Gasteiger partial charge is 0.480 e. The van der Waals surface area contributed by atoms with Gasteiger partial charge in [0.05, 0.1) is 10.0 Å². The number of likely N-dealkylation sites (N-methyl/N-ethyl adjacent to an activating group) is 1. The molecule has 2 N–H and O–H groups in total. The highest BCUT2D eigenvalue weighted by Crippen LogP contribution is 2.25. The maximum absolute atomic E-state index is 11.2. The van der Waals surface area contributed by atoms with E-state index in [-0.39, 0.29) is 0 Å². The summed E-state index contributed by atoms with van der Waals surface area (Å²) in [5.41, 5.74) is 0.593. The van der Waals surface area contributed by atoms with Gasteiger partial charge in [0, 0.05) is 13.1 Å². The lowest BCUT2D eigenvalue weighted by Crippen LogP contribution is -2.33. The van der Waals surface area contributed by atoms with Crippen LogP contribution in [0.1, 0.15) is 11.6 Å². The normalized spacial score (nSPS) is 12.7. The van der Waals surface area contributed by atoms with Gasteiger partial charge in [-0.1, -0.05) is 29.3 Å². The summed E-state index contributed by atoms with van der Waals surface area (Å²) in [6.07, 6.45) is 0. The van der Waals surface area contributed by atoms with Crippen molar-refractivity contribution in [2.45, 2.75) is 6.04 Å². The van der Waals surface area contributed by atoms with Gasteiger partial charge in [-0.15, -0.1) is 0 Å². The number of rotatable bonds is 6. The monoisotopic (exact) mass is 290 g/mol. The zero-order valence-corrected chi connectivity index (χ0v) is 11.8. The zero-order chi connectivity index (χ0) is 13.7. The fourth-order valence-electron chi connectivity index (χ4n) is 1.47. The molecule has 1 aromatic carbocycles. The van der Waals surface area contributed by atoms with Crippen molar-refractivity contribution in [2.24, 2.45) is 0 Å². The maximum Gasteiger partial charge on any atom is 0.325 e. The number of nitrogens with zero attached hydrogens (tertiary/aromatic N) is 1. The number of halogens is 2. The van der Waals surface area contributed by atoms with Crippen LogP contribution in [0.2, 0.25) is 10.0 Å². The third-order valence-electron chi connectivity index (χ3n) is 2.43.